The van der Waals surface area contributed by atoms with Gasteiger partial charge in [0.1, 0.15) is 11.5 Å². The van der Waals surface area contributed by atoms with E-state index >= 15 is 0 Å². The van der Waals surface area contributed by atoms with Gasteiger partial charge in [-0.2, -0.15) is 0 Å². The summed E-state index contributed by atoms with van der Waals surface area (Å²) in [6, 6.07) is 15.4. The molecule has 3 rings (SSSR count). The fourth-order valence-corrected chi connectivity index (χ4v) is 2.44. The van der Waals surface area contributed by atoms with E-state index in [2.05, 4.69) is 33.8 Å². The first kappa shape index (κ1) is 16.3. The Hall–Kier alpha value is -2.52. The van der Waals surface area contributed by atoms with Gasteiger partial charge in [-0.05, 0) is 54.8 Å². The summed E-state index contributed by atoms with van der Waals surface area (Å²) in [7, 11) is 0. The van der Waals surface area contributed by atoms with Crippen molar-refractivity contribution in [2.45, 2.75) is 19.4 Å². The Kier molecular flexibility index (Phi) is 5.70. The Morgan fingerprint density at radius 1 is 1.00 bits per heavy atom. The van der Waals surface area contributed by atoms with Gasteiger partial charge in [0.05, 0.1) is 6.33 Å². The molecule has 1 aromatic heterocycles. The summed E-state index contributed by atoms with van der Waals surface area (Å²) < 4.78 is 7.88. The minimum Gasteiger partial charge on any atom is -0.457 e. The molecule has 0 spiro atoms. The Balaban J connectivity index is 1.47. The summed E-state index contributed by atoms with van der Waals surface area (Å²) >= 11 is 5.87. The molecule has 0 bridgehead atoms. The van der Waals surface area contributed by atoms with Gasteiger partial charge in [-0.3, -0.25) is 0 Å². The minimum absolute atomic E-state index is 0.705. The van der Waals surface area contributed by atoms with E-state index in [1.807, 2.05) is 55.1 Å². The zero-order valence-electron chi connectivity index (χ0n) is 13.3. The molecule has 24 heavy (non-hydrogen) atoms. The summed E-state index contributed by atoms with van der Waals surface area (Å²) in [6.07, 6.45) is 12.1. The number of unbranched alkanes of at least 4 members (excludes halogenated alkanes) is 1. The highest BCUT2D eigenvalue weighted by atomic mass is 35.5. The molecule has 122 valence electrons. The van der Waals surface area contributed by atoms with Crippen LogP contribution in [0.25, 0.3) is 6.08 Å². The number of halogens is 1. The smallest absolute Gasteiger partial charge is 0.127 e. The Labute approximate surface area is 147 Å². The van der Waals surface area contributed by atoms with E-state index in [9.17, 15) is 0 Å². The summed E-state index contributed by atoms with van der Waals surface area (Å²) in [4.78, 5) is 4.04. The molecule has 0 aliphatic rings. The third kappa shape index (κ3) is 5.00. The second kappa shape index (κ2) is 8.37. The second-order valence-corrected chi connectivity index (χ2v) is 5.91. The third-order valence-corrected chi connectivity index (χ3v) is 3.84. The van der Waals surface area contributed by atoms with Crippen molar-refractivity contribution in [3.8, 4) is 11.5 Å². The highest BCUT2D eigenvalue weighted by molar-refractivity contribution is 6.30. The van der Waals surface area contributed by atoms with Gasteiger partial charge >= 0.3 is 0 Å². The van der Waals surface area contributed by atoms with Crippen molar-refractivity contribution in [3.05, 3.63) is 83.9 Å². The van der Waals surface area contributed by atoms with Crippen LogP contribution in [0.5, 0.6) is 11.5 Å². The van der Waals surface area contributed by atoms with E-state index in [0.717, 1.165) is 30.9 Å². The fraction of sp³-hybridized carbons (Fsp3) is 0.150. The van der Waals surface area contributed by atoms with Crippen LogP contribution in [0.4, 0.5) is 0 Å². The Bertz CT molecular complexity index is 762. The van der Waals surface area contributed by atoms with Gasteiger partial charge in [0, 0.05) is 24.0 Å². The average Bonchev–Trinajstić information content (AvgIpc) is 3.12. The second-order valence-electron chi connectivity index (χ2n) is 5.47. The molecule has 0 aliphatic carbocycles. The van der Waals surface area contributed by atoms with Gasteiger partial charge in [0.25, 0.3) is 0 Å². The number of allylic oxidation sites excluding steroid dienone is 1. The highest BCUT2D eigenvalue weighted by Crippen LogP contribution is 2.23. The zero-order valence-corrected chi connectivity index (χ0v) is 14.1. The first-order chi connectivity index (χ1) is 11.8. The fourth-order valence-electron chi connectivity index (χ4n) is 2.32. The minimum atomic E-state index is 0.705. The van der Waals surface area contributed by atoms with Crippen molar-refractivity contribution in [2.24, 2.45) is 0 Å². The molecular formula is C20H19ClN2O. The van der Waals surface area contributed by atoms with Crippen LogP contribution in [0.3, 0.4) is 0 Å². The molecule has 0 saturated heterocycles. The lowest BCUT2D eigenvalue weighted by Crippen LogP contribution is -1.92. The van der Waals surface area contributed by atoms with Crippen LogP contribution >= 0.6 is 11.6 Å². The summed E-state index contributed by atoms with van der Waals surface area (Å²) in [5, 5.41) is 0.705. The van der Waals surface area contributed by atoms with E-state index in [0.29, 0.717) is 5.02 Å². The third-order valence-electron chi connectivity index (χ3n) is 3.59. The summed E-state index contributed by atoms with van der Waals surface area (Å²) in [5.41, 5.74) is 1.17. The molecule has 0 unspecified atom stereocenters. The molecule has 1 heterocycles. The van der Waals surface area contributed by atoms with Gasteiger partial charge in [-0.1, -0.05) is 35.9 Å². The Morgan fingerprint density at radius 2 is 1.71 bits per heavy atom. The van der Waals surface area contributed by atoms with E-state index in [4.69, 9.17) is 16.3 Å². The van der Waals surface area contributed by atoms with E-state index in [1.165, 1.54) is 5.56 Å². The molecule has 0 radical (unpaired) electrons. The zero-order chi connectivity index (χ0) is 16.6. The number of imidazole rings is 1. The van der Waals surface area contributed by atoms with Crippen molar-refractivity contribution in [1.82, 2.24) is 9.55 Å². The van der Waals surface area contributed by atoms with Gasteiger partial charge in [0.15, 0.2) is 0 Å². The SMILES string of the molecule is Clc1ccc(Oc2ccc(C=CCCCn3ccnc3)cc2)cc1. The van der Waals surface area contributed by atoms with Crippen molar-refractivity contribution in [3.63, 3.8) is 0 Å². The molecule has 3 aromatic rings. The van der Waals surface area contributed by atoms with Gasteiger partial charge in [0.2, 0.25) is 0 Å². The number of nitrogens with zero attached hydrogens (tertiary/aromatic N) is 2. The first-order valence-electron chi connectivity index (χ1n) is 7.95. The number of hydrogen-bond donors (Lipinski definition) is 0. The number of aromatic nitrogens is 2. The van der Waals surface area contributed by atoms with Crippen molar-refractivity contribution in [2.75, 3.05) is 0 Å². The number of aryl methyl sites for hydroxylation is 1. The molecule has 0 fully saturated rings. The molecule has 0 aliphatic heterocycles. The van der Waals surface area contributed by atoms with E-state index < -0.39 is 0 Å². The van der Waals surface area contributed by atoms with Crippen molar-refractivity contribution < 1.29 is 4.74 Å². The molecule has 0 saturated carbocycles. The molecule has 2 aromatic carbocycles. The highest BCUT2D eigenvalue weighted by Gasteiger charge is 1.97. The topological polar surface area (TPSA) is 27.1 Å². The molecule has 0 atom stereocenters. The lowest BCUT2D eigenvalue weighted by Gasteiger charge is -2.05. The molecule has 3 nitrogen and oxygen atoms in total. The maximum atomic E-state index is 5.87. The van der Waals surface area contributed by atoms with Crippen LogP contribution in [0.1, 0.15) is 18.4 Å². The largest absolute Gasteiger partial charge is 0.457 e. The predicted molar refractivity (Wildman–Crippen MR) is 98.5 cm³/mol. The lowest BCUT2D eigenvalue weighted by atomic mass is 10.2. The normalized spacial score (nSPS) is 11.0. The summed E-state index contributed by atoms with van der Waals surface area (Å²) in [6.45, 7) is 0.998. The Morgan fingerprint density at radius 3 is 2.38 bits per heavy atom. The van der Waals surface area contributed by atoms with E-state index in [1.54, 1.807) is 0 Å². The molecular weight excluding hydrogens is 320 g/mol. The summed E-state index contributed by atoms with van der Waals surface area (Å²) in [5.74, 6) is 1.59. The van der Waals surface area contributed by atoms with Crippen LogP contribution in [0.2, 0.25) is 5.02 Å². The number of benzene rings is 2. The van der Waals surface area contributed by atoms with Crippen LogP contribution < -0.4 is 4.74 Å². The number of rotatable bonds is 7. The van der Waals surface area contributed by atoms with Crippen LogP contribution in [0, 0.1) is 0 Å². The standard InChI is InChI=1S/C20H19ClN2O/c21-18-7-11-20(12-8-18)24-19-9-5-17(6-10-19)4-2-1-3-14-23-15-13-22-16-23/h2,4-13,15-16H,1,3,14H2. The van der Waals surface area contributed by atoms with Crippen LogP contribution in [0.15, 0.2) is 73.3 Å². The first-order valence-corrected chi connectivity index (χ1v) is 8.33. The average molecular weight is 339 g/mol. The number of ether oxygens (including phenoxy) is 1. The van der Waals surface area contributed by atoms with Crippen molar-refractivity contribution in [1.29, 1.82) is 0 Å². The van der Waals surface area contributed by atoms with Gasteiger partial charge < -0.3 is 9.30 Å². The van der Waals surface area contributed by atoms with Crippen LogP contribution in [-0.2, 0) is 6.54 Å². The van der Waals surface area contributed by atoms with Crippen molar-refractivity contribution >= 4 is 17.7 Å². The maximum absolute atomic E-state index is 5.87. The van der Waals surface area contributed by atoms with Crippen LogP contribution in [-0.4, -0.2) is 9.55 Å². The van der Waals surface area contributed by atoms with Gasteiger partial charge in [-0.25, -0.2) is 4.98 Å². The molecule has 0 N–H and O–H groups in total. The predicted octanol–water partition coefficient (Wildman–Crippen LogP) is 5.82. The van der Waals surface area contributed by atoms with Gasteiger partial charge in [-0.15, -0.1) is 0 Å². The molecule has 0 amide bonds. The van der Waals surface area contributed by atoms with E-state index in [-0.39, 0.29) is 0 Å². The number of hydrogen-bond acceptors (Lipinski definition) is 2. The lowest BCUT2D eigenvalue weighted by molar-refractivity contribution is 0.482. The monoisotopic (exact) mass is 338 g/mol. The quantitative estimate of drug-likeness (QED) is 0.507. The maximum Gasteiger partial charge on any atom is 0.127 e. The molecule has 4 heteroatoms.